The second-order valence-corrected chi connectivity index (χ2v) is 8.94. The van der Waals surface area contributed by atoms with Crippen LogP contribution >= 0.6 is 11.6 Å². The number of rotatable bonds is 9. The van der Waals surface area contributed by atoms with Crippen LogP contribution in [-0.4, -0.2) is 36.0 Å². The molecule has 0 bridgehead atoms. The minimum absolute atomic E-state index is 0.0210. The van der Waals surface area contributed by atoms with E-state index in [1.807, 2.05) is 72.8 Å². The number of hydrogen-bond donors (Lipinski definition) is 1. The molecule has 1 aliphatic rings. The van der Waals surface area contributed by atoms with Crippen LogP contribution < -0.4 is 5.32 Å². The van der Waals surface area contributed by atoms with E-state index in [0.29, 0.717) is 18.1 Å². The molecule has 3 aromatic rings. The highest BCUT2D eigenvalue weighted by Gasteiger charge is 2.32. The van der Waals surface area contributed by atoms with Gasteiger partial charge in [0.25, 0.3) is 0 Å². The predicted octanol–water partition coefficient (Wildman–Crippen LogP) is 4.95. The van der Waals surface area contributed by atoms with E-state index in [1.165, 1.54) is 0 Å². The topological polar surface area (TPSA) is 58.6 Å². The Morgan fingerprint density at radius 1 is 0.941 bits per heavy atom. The van der Waals surface area contributed by atoms with Crippen LogP contribution in [0.15, 0.2) is 84.9 Å². The summed E-state index contributed by atoms with van der Waals surface area (Å²) in [5.41, 5.74) is 2.58. The lowest BCUT2D eigenvalue weighted by Crippen LogP contribution is -2.45. The van der Waals surface area contributed by atoms with Crippen LogP contribution in [0.2, 0.25) is 5.02 Å². The van der Waals surface area contributed by atoms with Crippen molar-refractivity contribution in [3.63, 3.8) is 0 Å². The lowest BCUT2D eigenvalue weighted by Gasteiger charge is -2.32. The van der Waals surface area contributed by atoms with Crippen LogP contribution in [0.25, 0.3) is 0 Å². The van der Waals surface area contributed by atoms with E-state index in [0.717, 1.165) is 36.1 Å². The Kier molecular flexibility index (Phi) is 8.34. The molecule has 4 rings (SSSR count). The standard InChI is InChI=1S/C28H29ClN2O3/c29-24-15-13-21(14-16-24)18-26(32)31(20-22-8-3-1-4-9-22)27(23-10-5-2-6-11-23)28(33)30-19-25-12-7-17-34-25/h1-6,8-11,13-16,25,27H,7,12,17-20H2,(H,30,33). The van der Waals surface area contributed by atoms with Gasteiger partial charge < -0.3 is 15.0 Å². The summed E-state index contributed by atoms with van der Waals surface area (Å²) in [4.78, 5) is 28.9. The molecule has 1 aliphatic heterocycles. The number of benzene rings is 3. The zero-order valence-electron chi connectivity index (χ0n) is 19.0. The molecule has 3 aromatic carbocycles. The molecule has 1 N–H and O–H groups in total. The number of amides is 2. The lowest BCUT2D eigenvalue weighted by atomic mass is 10.0. The summed E-state index contributed by atoms with van der Waals surface area (Å²) in [5.74, 6) is -0.339. The number of nitrogens with one attached hydrogen (secondary N) is 1. The van der Waals surface area contributed by atoms with Crippen molar-refractivity contribution in [2.45, 2.75) is 38.0 Å². The predicted molar refractivity (Wildman–Crippen MR) is 133 cm³/mol. The summed E-state index contributed by atoms with van der Waals surface area (Å²) >= 11 is 6.02. The second kappa shape index (κ2) is 11.8. The van der Waals surface area contributed by atoms with Gasteiger partial charge in [-0.15, -0.1) is 0 Å². The minimum atomic E-state index is -0.761. The highest BCUT2D eigenvalue weighted by Crippen LogP contribution is 2.25. The van der Waals surface area contributed by atoms with Crippen LogP contribution in [-0.2, 0) is 27.3 Å². The molecule has 0 aromatic heterocycles. The van der Waals surface area contributed by atoms with Crippen molar-refractivity contribution in [2.75, 3.05) is 13.2 Å². The maximum atomic E-state index is 13.7. The molecule has 1 saturated heterocycles. The van der Waals surface area contributed by atoms with Crippen molar-refractivity contribution >= 4 is 23.4 Å². The summed E-state index contributed by atoms with van der Waals surface area (Å²) in [5, 5.41) is 3.66. The average molecular weight is 477 g/mol. The Labute approximate surface area is 205 Å². The van der Waals surface area contributed by atoms with Crippen molar-refractivity contribution in [1.29, 1.82) is 0 Å². The van der Waals surface area contributed by atoms with E-state index in [-0.39, 0.29) is 24.3 Å². The maximum Gasteiger partial charge on any atom is 0.247 e. The first-order valence-electron chi connectivity index (χ1n) is 11.6. The van der Waals surface area contributed by atoms with Gasteiger partial charge in [-0.1, -0.05) is 84.4 Å². The summed E-state index contributed by atoms with van der Waals surface area (Å²) in [7, 11) is 0. The third kappa shape index (κ3) is 6.46. The monoisotopic (exact) mass is 476 g/mol. The van der Waals surface area contributed by atoms with Crippen LogP contribution in [0, 0.1) is 0 Å². The highest BCUT2D eigenvalue weighted by atomic mass is 35.5. The molecule has 0 spiro atoms. The summed E-state index contributed by atoms with van der Waals surface area (Å²) in [6.45, 7) is 1.48. The molecular formula is C28H29ClN2O3. The number of nitrogens with zero attached hydrogens (tertiary/aromatic N) is 1. The van der Waals surface area contributed by atoms with Gasteiger partial charge in [0.2, 0.25) is 11.8 Å². The van der Waals surface area contributed by atoms with Gasteiger partial charge in [-0.25, -0.2) is 0 Å². The van der Waals surface area contributed by atoms with Crippen LogP contribution in [0.4, 0.5) is 0 Å². The third-order valence-corrected chi connectivity index (χ3v) is 6.24. The van der Waals surface area contributed by atoms with Crippen molar-refractivity contribution in [2.24, 2.45) is 0 Å². The normalized spacial score (nSPS) is 16.1. The van der Waals surface area contributed by atoms with Gasteiger partial charge in [0.15, 0.2) is 0 Å². The van der Waals surface area contributed by atoms with Crippen molar-refractivity contribution in [1.82, 2.24) is 10.2 Å². The number of hydrogen-bond acceptors (Lipinski definition) is 3. The van der Waals surface area contributed by atoms with E-state index in [2.05, 4.69) is 5.32 Å². The molecule has 2 unspecified atom stereocenters. The summed E-state index contributed by atoms with van der Waals surface area (Å²) in [6.07, 6.45) is 2.13. The smallest absolute Gasteiger partial charge is 0.247 e. The van der Waals surface area contributed by atoms with E-state index in [4.69, 9.17) is 16.3 Å². The Bertz CT molecular complexity index is 1070. The Balaban J connectivity index is 1.63. The number of ether oxygens (including phenoxy) is 1. The largest absolute Gasteiger partial charge is 0.376 e. The molecule has 1 heterocycles. The van der Waals surface area contributed by atoms with Crippen LogP contribution in [0.3, 0.4) is 0 Å². The SMILES string of the molecule is O=C(NCC1CCCO1)C(c1ccccc1)N(Cc1ccccc1)C(=O)Cc1ccc(Cl)cc1. The van der Waals surface area contributed by atoms with Gasteiger partial charge in [-0.05, 0) is 41.7 Å². The molecule has 6 heteroatoms. The number of carbonyl (C=O) groups is 2. The van der Waals surface area contributed by atoms with E-state index in [9.17, 15) is 9.59 Å². The van der Waals surface area contributed by atoms with Gasteiger partial charge in [0.05, 0.1) is 12.5 Å². The van der Waals surface area contributed by atoms with Crippen LogP contribution in [0.1, 0.15) is 35.6 Å². The zero-order chi connectivity index (χ0) is 23.8. The molecule has 5 nitrogen and oxygen atoms in total. The molecule has 0 radical (unpaired) electrons. The fraction of sp³-hybridized carbons (Fsp3) is 0.286. The molecule has 2 amide bonds. The van der Waals surface area contributed by atoms with Crippen molar-refractivity contribution < 1.29 is 14.3 Å². The number of carbonyl (C=O) groups excluding carboxylic acids is 2. The first-order chi connectivity index (χ1) is 16.6. The van der Waals surface area contributed by atoms with Crippen LogP contribution in [0.5, 0.6) is 0 Å². The third-order valence-electron chi connectivity index (χ3n) is 5.99. The molecule has 1 fully saturated rings. The van der Waals surface area contributed by atoms with E-state index < -0.39 is 6.04 Å². The molecule has 0 aliphatic carbocycles. The van der Waals surface area contributed by atoms with Crippen molar-refractivity contribution in [3.05, 3.63) is 107 Å². The van der Waals surface area contributed by atoms with Crippen molar-refractivity contribution in [3.8, 4) is 0 Å². The molecule has 34 heavy (non-hydrogen) atoms. The highest BCUT2D eigenvalue weighted by molar-refractivity contribution is 6.30. The van der Waals surface area contributed by atoms with Gasteiger partial charge in [0.1, 0.15) is 6.04 Å². The Hall–Kier alpha value is -3.15. The molecular weight excluding hydrogens is 448 g/mol. The minimum Gasteiger partial charge on any atom is -0.376 e. The van der Waals surface area contributed by atoms with Gasteiger partial charge in [-0.3, -0.25) is 9.59 Å². The Morgan fingerprint density at radius 3 is 2.26 bits per heavy atom. The van der Waals surface area contributed by atoms with E-state index in [1.54, 1.807) is 17.0 Å². The number of halogens is 1. The van der Waals surface area contributed by atoms with E-state index >= 15 is 0 Å². The van der Waals surface area contributed by atoms with Gasteiger partial charge in [0, 0.05) is 24.7 Å². The first kappa shape index (κ1) is 24.0. The fourth-order valence-electron chi connectivity index (χ4n) is 4.21. The first-order valence-corrected chi connectivity index (χ1v) is 12.0. The Morgan fingerprint density at radius 2 is 1.62 bits per heavy atom. The molecule has 0 saturated carbocycles. The zero-order valence-corrected chi connectivity index (χ0v) is 19.8. The quantitative estimate of drug-likeness (QED) is 0.475. The summed E-state index contributed by atoms with van der Waals surface area (Å²) < 4.78 is 5.67. The van der Waals surface area contributed by atoms with Gasteiger partial charge in [-0.2, -0.15) is 0 Å². The summed E-state index contributed by atoms with van der Waals surface area (Å²) in [6, 6.07) is 25.7. The average Bonchev–Trinajstić information content (AvgIpc) is 3.39. The molecule has 2 atom stereocenters. The molecule has 176 valence electrons. The fourth-order valence-corrected chi connectivity index (χ4v) is 4.33. The maximum absolute atomic E-state index is 13.7. The van der Waals surface area contributed by atoms with Gasteiger partial charge >= 0.3 is 0 Å². The second-order valence-electron chi connectivity index (χ2n) is 8.50. The lowest BCUT2D eigenvalue weighted by molar-refractivity contribution is -0.141.